The summed E-state index contributed by atoms with van der Waals surface area (Å²) in [6, 6.07) is 5.14. The van der Waals surface area contributed by atoms with Crippen molar-refractivity contribution in [2.24, 2.45) is 0 Å². The highest BCUT2D eigenvalue weighted by Crippen LogP contribution is 2.38. The van der Waals surface area contributed by atoms with Crippen molar-refractivity contribution in [1.29, 1.82) is 0 Å². The molecule has 3 rings (SSSR count). The molecular weight excluding hydrogens is 413 g/mol. The number of ether oxygens (including phenoxy) is 1. The maximum absolute atomic E-state index is 12.9. The number of aromatic nitrogens is 2. The fourth-order valence-corrected chi connectivity index (χ4v) is 5.14. The first-order valence-electron chi connectivity index (χ1n) is 8.45. The zero-order valence-electron chi connectivity index (χ0n) is 14.6. The van der Waals surface area contributed by atoms with Crippen molar-refractivity contribution in [3.8, 4) is 0 Å². The van der Waals surface area contributed by atoms with Gasteiger partial charge in [0.25, 0.3) is 10.0 Å². The summed E-state index contributed by atoms with van der Waals surface area (Å²) in [4.78, 5) is 12.0. The number of sulfonamides is 1. The molecule has 1 aliphatic rings. The molecular formula is C17H19Cl2N3O4S. The molecule has 2 aromatic rings. The molecule has 2 N–H and O–H groups in total. The normalized spacial score (nSPS) is 16.0. The Morgan fingerprint density at radius 1 is 1.37 bits per heavy atom. The van der Waals surface area contributed by atoms with Gasteiger partial charge in [-0.3, -0.25) is 5.10 Å². The van der Waals surface area contributed by atoms with Crippen molar-refractivity contribution in [2.45, 2.75) is 43.2 Å². The molecule has 1 aliphatic carbocycles. The van der Waals surface area contributed by atoms with E-state index in [4.69, 9.17) is 27.9 Å². The topological polar surface area (TPSA) is 101 Å². The minimum absolute atomic E-state index is 0.122. The van der Waals surface area contributed by atoms with Crippen LogP contribution in [0.2, 0.25) is 10.0 Å². The van der Waals surface area contributed by atoms with Gasteiger partial charge in [0.15, 0.2) is 5.03 Å². The van der Waals surface area contributed by atoms with Crippen LogP contribution in [0.1, 0.15) is 42.1 Å². The molecule has 7 nitrogen and oxygen atoms in total. The van der Waals surface area contributed by atoms with E-state index in [1.54, 1.807) is 25.1 Å². The molecule has 146 valence electrons. The third kappa shape index (κ3) is 4.29. The molecule has 0 bridgehead atoms. The zero-order valence-corrected chi connectivity index (χ0v) is 16.9. The molecule has 0 atom stereocenters. The molecule has 1 aromatic carbocycles. The number of benzene rings is 1. The van der Waals surface area contributed by atoms with Crippen LogP contribution in [-0.2, 0) is 21.2 Å². The number of carbonyl (C=O) groups is 1. The van der Waals surface area contributed by atoms with Crippen LogP contribution in [-0.4, -0.2) is 36.7 Å². The van der Waals surface area contributed by atoms with Crippen LogP contribution in [0.4, 0.5) is 0 Å². The van der Waals surface area contributed by atoms with Gasteiger partial charge in [-0.2, -0.15) is 5.10 Å². The summed E-state index contributed by atoms with van der Waals surface area (Å²) >= 11 is 12.2. The van der Waals surface area contributed by atoms with Crippen molar-refractivity contribution in [3.05, 3.63) is 45.6 Å². The van der Waals surface area contributed by atoms with Gasteiger partial charge < -0.3 is 4.74 Å². The standard InChI is InChI=1S/C17H19Cl2N3O4S/c1-2-26-16(23)13-10-20-21-15(13)27(24,25)22-17(6-3-7-17)9-11-4-5-12(18)8-14(11)19/h4-5,8,10,22H,2-3,6-7,9H2,1H3,(H,20,21). The lowest BCUT2D eigenvalue weighted by molar-refractivity contribution is 0.0521. The highest BCUT2D eigenvalue weighted by atomic mass is 35.5. The molecule has 0 unspecified atom stereocenters. The molecule has 0 spiro atoms. The van der Waals surface area contributed by atoms with Gasteiger partial charge in [-0.05, 0) is 50.3 Å². The van der Waals surface area contributed by atoms with Gasteiger partial charge in [0.1, 0.15) is 5.56 Å². The summed E-state index contributed by atoms with van der Waals surface area (Å²) in [6.45, 7) is 1.78. The van der Waals surface area contributed by atoms with E-state index in [2.05, 4.69) is 14.9 Å². The Bertz CT molecular complexity index is 955. The Labute approximate surface area is 167 Å². The maximum atomic E-state index is 12.9. The predicted molar refractivity (Wildman–Crippen MR) is 102 cm³/mol. The van der Waals surface area contributed by atoms with Crippen molar-refractivity contribution in [2.75, 3.05) is 6.61 Å². The Morgan fingerprint density at radius 3 is 2.70 bits per heavy atom. The van der Waals surface area contributed by atoms with Crippen molar-refractivity contribution >= 4 is 39.2 Å². The van der Waals surface area contributed by atoms with Gasteiger partial charge in [-0.1, -0.05) is 29.3 Å². The first-order chi connectivity index (χ1) is 12.8. The Kier molecular flexibility index (Phi) is 5.81. The van der Waals surface area contributed by atoms with Crippen LogP contribution in [0.5, 0.6) is 0 Å². The number of rotatable bonds is 7. The zero-order chi connectivity index (χ0) is 19.7. The fraction of sp³-hybridized carbons (Fsp3) is 0.412. The highest BCUT2D eigenvalue weighted by molar-refractivity contribution is 7.89. The summed E-state index contributed by atoms with van der Waals surface area (Å²) in [6.07, 6.45) is 3.78. The highest BCUT2D eigenvalue weighted by Gasteiger charge is 2.42. The van der Waals surface area contributed by atoms with E-state index in [1.165, 1.54) is 0 Å². The number of esters is 1. The molecule has 1 saturated carbocycles. The van der Waals surface area contributed by atoms with E-state index < -0.39 is 21.5 Å². The number of hydrogen-bond donors (Lipinski definition) is 2. The number of carbonyl (C=O) groups excluding carboxylic acids is 1. The Hall–Kier alpha value is -1.61. The van der Waals surface area contributed by atoms with Gasteiger partial charge >= 0.3 is 5.97 Å². The number of aromatic amines is 1. The lowest BCUT2D eigenvalue weighted by Crippen LogP contribution is -2.55. The van der Waals surface area contributed by atoms with Crippen LogP contribution in [0, 0.1) is 0 Å². The summed E-state index contributed by atoms with van der Waals surface area (Å²) < 4.78 is 33.5. The molecule has 0 amide bonds. The average Bonchev–Trinajstić information content (AvgIpc) is 3.06. The molecule has 1 aromatic heterocycles. The summed E-state index contributed by atoms with van der Waals surface area (Å²) in [5.41, 5.74) is 0.00918. The average molecular weight is 432 g/mol. The van der Waals surface area contributed by atoms with E-state index in [-0.39, 0.29) is 17.2 Å². The van der Waals surface area contributed by atoms with E-state index >= 15 is 0 Å². The van der Waals surface area contributed by atoms with Gasteiger partial charge in [0.05, 0.1) is 12.8 Å². The monoisotopic (exact) mass is 431 g/mol. The fourth-order valence-electron chi connectivity index (χ4n) is 3.12. The number of nitrogens with zero attached hydrogens (tertiary/aromatic N) is 1. The smallest absolute Gasteiger partial charge is 0.342 e. The molecule has 0 aliphatic heterocycles. The van der Waals surface area contributed by atoms with Gasteiger partial charge in [-0.25, -0.2) is 17.9 Å². The largest absolute Gasteiger partial charge is 0.462 e. The minimum atomic E-state index is -4.01. The number of nitrogens with one attached hydrogen (secondary N) is 2. The second kappa shape index (κ2) is 7.79. The summed E-state index contributed by atoms with van der Waals surface area (Å²) in [5.74, 6) is -0.741. The number of hydrogen-bond acceptors (Lipinski definition) is 5. The van der Waals surface area contributed by atoms with E-state index in [0.717, 1.165) is 18.2 Å². The van der Waals surface area contributed by atoms with Crippen LogP contribution < -0.4 is 4.72 Å². The first-order valence-corrected chi connectivity index (χ1v) is 10.7. The summed E-state index contributed by atoms with van der Waals surface area (Å²) in [5, 5.41) is 6.79. The lowest BCUT2D eigenvalue weighted by Gasteiger charge is -2.42. The number of H-pyrrole nitrogens is 1. The first kappa shape index (κ1) is 20.1. The number of halogens is 2. The van der Waals surface area contributed by atoms with Gasteiger partial charge in [0, 0.05) is 15.6 Å². The summed E-state index contributed by atoms with van der Waals surface area (Å²) in [7, 11) is -4.01. The van der Waals surface area contributed by atoms with Crippen molar-refractivity contribution in [1.82, 2.24) is 14.9 Å². The second-order valence-corrected chi connectivity index (χ2v) is 8.95. The van der Waals surface area contributed by atoms with Crippen molar-refractivity contribution in [3.63, 3.8) is 0 Å². The third-order valence-electron chi connectivity index (χ3n) is 4.57. The second-order valence-electron chi connectivity index (χ2n) is 6.49. The van der Waals surface area contributed by atoms with E-state index in [1.807, 2.05) is 0 Å². The Morgan fingerprint density at radius 2 is 2.11 bits per heavy atom. The molecule has 27 heavy (non-hydrogen) atoms. The lowest BCUT2D eigenvalue weighted by atomic mass is 9.74. The van der Waals surface area contributed by atoms with Crippen LogP contribution in [0.25, 0.3) is 0 Å². The van der Waals surface area contributed by atoms with E-state index in [0.29, 0.717) is 29.3 Å². The third-order valence-corrected chi connectivity index (χ3v) is 6.71. The predicted octanol–water partition coefficient (Wildman–Crippen LogP) is 3.34. The molecule has 1 heterocycles. The van der Waals surface area contributed by atoms with Crippen LogP contribution in [0.15, 0.2) is 29.4 Å². The van der Waals surface area contributed by atoms with Crippen LogP contribution in [0.3, 0.4) is 0 Å². The van der Waals surface area contributed by atoms with Crippen molar-refractivity contribution < 1.29 is 17.9 Å². The minimum Gasteiger partial charge on any atom is -0.462 e. The SMILES string of the molecule is CCOC(=O)c1cn[nH]c1S(=O)(=O)NC1(Cc2ccc(Cl)cc2Cl)CCC1. The maximum Gasteiger partial charge on any atom is 0.342 e. The molecule has 0 saturated heterocycles. The molecule has 1 fully saturated rings. The Balaban J connectivity index is 1.86. The van der Waals surface area contributed by atoms with E-state index in [9.17, 15) is 13.2 Å². The van der Waals surface area contributed by atoms with Crippen LogP contribution >= 0.6 is 23.2 Å². The quantitative estimate of drug-likeness (QED) is 0.654. The molecule has 10 heteroatoms. The van der Waals surface area contributed by atoms with Gasteiger partial charge in [0.2, 0.25) is 0 Å². The van der Waals surface area contributed by atoms with Gasteiger partial charge in [-0.15, -0.1) is 0 Å². The molecule has 0 radical (unpaired) electrons.